The van der Waals surface area contributed by atoms with Gasteiger partial charge >= 0.3 is 12.2 Å². The molecule has 0 radical (unpaired) electrons. The van der Waals surface area contributed by atoms with Gasteiger partial charge < -0.3 is 15.1 Å². The second-order valence-corrected chi connectivity index (χ2v) is 6.07. The maximum atomic E-state index is 12.6. The second-order valence-electron chi connectivity index (χ2n) is 6.07. The molecule has 0 spiro atoms. The van der Waals surface area contributed by atoms with E-state index >= 15 is 0 Å². The molecule has 8 heteroatoms. The van der Waals surface area contributed by atoms with Crippen LogP contribution < -0.4 is 5.32 Å². The van der Waals surface area contributed by atoms with E-state index in [0.29, 0.717) is 19.6 Å². The van der Waals surface area contributed by atoms with Gasteiger partial charge in [0.25, 0.3) is 0 Å². The average Bonchev–Trinajstić information content (AvgIpc) is 2.89. The third-order valence-corrected chi connectivity index (χ3v) is 4.53. The van der Waals surface area contributed by atoms with Crippen LogP contribution in [0.3, 0.4) is 0 Å². The molecule has 24 heavy (non-hydrogen) atoms. The van der Waals surface area contributed by atoms with E-state index in [1.807, 2.05) is 4.90 Å². The van der Waals surface area contributed by atoms with Crippen LogP contribution in [0.4, 0.5) is 18.0 Å². The van der Waals surface area contributed by atoms with Crippen molar-refractivity contribution in [1.29, 1.82) is 0 Å². The molecule has 2 fully saturated rings. The number of amides is 2. The first-order valence-corrected chi connectivity index (χ1v) is 7.87. The molecule has 2 aliphatic heterocycles. The Balaban J connectivity index is 0.00000208. The maximum absolute atomic E-state index is 12.6. The number of hydrogen-bond donors (Lipinski definition) is 1. The highest BCUT2D eigenvalue weighted by atomic mass is 35.5. The van der Waals surface area contributed by atoms with Gasteiger partial charge in [0, 0.05) is 25.7 Å². The zero-order valence-corrected chi connectivity index (χ0v) is 14.0. The van der Waals surface area contributed by atoms with Crippen molar-refractivity contribution in [2.24, 2.45) is 0 Å². The molecule has 3 rings (SSSR count). The van der Waals surface area contributed by atoms with Crippen molar-refractivity contribution in [2.45, 2.75) is 31.6 Å². The van der Waals surface area contributed by atoms with Crippen molar-refractivity contribution >= 4 is 18.4 Å². The molecule has 0 bridgehead atoms. The van der Waals surface area contributed by atoms with Gasteiger partial charge in [-0.25, -0.2) is 4.79 Å². The number of hydrogen-bond acceptors (Lipinski definition) is 2. The van der Waals surface area contributed by atoms with Crippen LogP contribution in [0, 0.1) is 0 Å². The van der Waals surface area contributed by atoms with Crippen LogP contribution in [0.25, 0.3) is 0 Å². The molecular formula is C16H21ClF3N3O. The lowest BCUT2D eigenvalue weighted by Crippen LogP contribution is -2.45. The van der Waals surface area contributed by atoms with Crippen molar-refractivity contribution in [3.05, 3.63) is 35.4 Å². The molecule has 4 nitrogen and oxygen atoms in total. The van der Waals surface area contributed by atoms with E-state index < -0.39 is 11.7 Å². The van der Waals surface area contributed by atoms with E-state index in [2.05, 4.69) is 5.32 Å². The number of carbonyl (C=O) groups excluding carboxylic acids is 1. The van der Waals surface area contributed by atoms with Gasteiger partial charge in [-0.1, -0.05) is 12.1 Å². The highest BCUT2D eigenvalue weighted by Crippen LogP contribution is 2.29. The van der Waals surface area contributed by atoms with E-state index in [1.165, 1.54) is 12.1 Å². The van der Waals surface area contributed by atoms with Crippen molar-refractivity contribution in [3.63, 3.8) is 0 Å². The summed E-state index contributed by atoms with van der Waals surface area (Å²) in [6.45, 7) is 3.53. The van der Waals surface area contributed by atoms with E-state index in [-0.39, 0.29) is 24.5 Å². The number of urea groups is 1. The molecule has 0 unspecified atom stereocenters. The molecule has 1 N–H and O–H groups in total. The molecule has 0 aliphatic carbocycles. The van der Waals surface area contributed by atoms with Crippen LogP contribution in [0.15, 0.2) is 24.3 Å². The predicted octanol–water partition coefficient (Wildman–Crippen LogP) is 3.12. The van der Waals surface area contributed by atoms with Crippen LogP contribution in [0.2, 0.25) is 0 Å². The fourth-order valence-corrected chi connectivity index (χ4v) is 3.22. The minimum absolute atomic E-state index is 0. The summed E-state index contributed by atoms with van der Waals surface area (Å²) in [5.41, 5.74) is 0.0591. The fourth-order valence-electron chi connectivity index (χ4n) is 3.22. The van der Waals surface area contributed by atoms with Gasteiger partial charge in [0.05, 0.1) is 5.56 Å². The van der Waals surface area contributed by atoms with Crippen LogP contribution >= 0.6 is 12.4 Å². The lowest BCUT2D eigenvalue weighted by Gasteiger charge is -2.31. The SMILES string of the molecule is Cl.O=C1N(Cc2ccc(C(F)(F)F)cc2)CCN1C1CCNCC1. The number of nitrogens with one attached hydrogen (secondary N) is 1. The summed E-state index contributed by atoms with van der Waals surface area (Å²) in [6, 6.07) is 5.31. The van der Waals surface area contributed by atoms with Gasteiger partial charge in [-0.2, -0.15) is 13.2 Å². The lowest BCUT2D eigenvalue weighted by atomic mass is 10.1. The highest BCUT2D eigenvalue weighted by molar-refractivity contribution is 5.85. The summed E-state index contributed by atoms with van der Waals surface area (Å²) < 4.78 is 37.7. The number of piperidine rings is 1. The largest absolute Gasteiger partial charge is 0.416 e. The van der Waals surface area contributed by atoms with Crippen molar-refractivity contribution in [1.82, 2.24) is 15.1 Å². The Labute approximate surface area is 145 Å². The summed E-state index contributed by atoms with van der Waals surface area (Å²) in [5, 5.41) is 3.28. The molecule has 1 aromatic rings. The number of halogens is 4. The first-order chi connectivity index (χ1) is 10.9. The third kappa shape index (κ3) is 4.13. The molecule has 134 valence electrons. The fraction of sp³-hybridized carbons (Fsp3) is 0.562. The van der Waals surface area contributed by atoms with Gasteiger partial charge in [0.2, 0.25) is 0 Å². The van der Waals surface area contributed by atoms with Crippen LogP contribution in [0.5, 0.6) is 0 Å². The quantitative estimate of drug-likeness (QED) is 0.895. The minimum Gasteiger partial charge on any atom is -0.320 e. The number of carbonyl (C=O) groups is 1. The summed E-state index contributed by atoms with van der Waals surface area (Å²) in [4.78, 5) is 16.1. The Hall–Kier alpha value is -1.47. The summed E-state index contributed by atoms with van der Waals surface area (Å²) >= 11 is 0. The Kier molecular flexibility index (Phi) is 5.98. The second kappa shape index (κ2) is 7.61. The number of alkyl halides is 3. The Morgan fingerprint density at radius 3 is 2.29 bits per heavy atom. The van der Waals surface area contributed by atoms with E-state index in [0.717, 1.165) is 43.6 Å². The summed E-state index contributed by atoms with van der Waals surface area (Å²) in [7, 11) is 0. The van der Waals surface area contributed by atoms with E-state index in [4.69, 9.17) is 0 Å². The first-order valence-electron chi connectivity index (χ1n) is 7.87. The smallest absolute Gasteiger partial charge is 0.320 e. The van der Waals surface area contributed by atoms with Gasteiger partial charge in [-0.15, -0.1) is 12.4 Å². The molecule has 0 aromatic heterocycles. The number of rotatable bonds is 3. The molecule has 2 saturated heterocycles. The standard InChI is InChI=1S/C16H20F3N3O.ClH/c17-16(18,19)13-3-1-12(2-4-13)11-21-9-10-22(15(21)23)14-5-7-20-8-6-14;/h1-4,14,20H,5-11H2;1H. The van der Waals surface area contributed by atoms with Gasteiger partial charge in [0.1, 0.15) is 0 Å². The highest BCUT2D eigenvalue weighted by Gasteiger charge is 2.34. The van der Waals surface area contributed by atoms with E-state index in [9.17, 15) is 18.0 Å². The van der Waals surface area contributed by atoms with Gasteiger partial charge in [0.15, 0.2) is 0 Å². The monoisotopic (exact) mass is 363 g/mol. The Bertz CT molecular complexity index is 559. The molecule has 0 saturated carbocycles. The zero-order valence-electron chi connectivity index (χ0n) is 13.2. The molecule has 2 aliphatic rings. The molecule has 0 atom stereocenters. The third-order valence-electron chi connectivity index (χ3n) is 4.53. The van der Waals surface area contributed by atoms with Crippen molar-refractivity contribution < 1.29 is 18.0 Å². The van der Waals surface area contributed by atoms with Crippen LogP contribution in [-0.4, -0.2) is 48.1 Å². The summed E-state index contributed by atoms with van der Waals surface area (Å²) in [6.07, 6.45) is -2.41. The van der Waals surface area contributed by atoms with E-state index in [1.54, 1.807) is 4.90 Å². The topological polar surface area (TPSA) is 35.6 Å². The van der Waals surface area contributed by atoms with Crippen LogP contribution in [-0.2, 0) is 12.7 Å². The summed E-state index contributed by atoms with van der Waals surface area (Å²) in [5.74, 6) is 0. The van der Waals surface area contributed by atoms with Crippen molar-refractivity contribution in [2.75, 3.05) is 26.2 Å². The zero-order chi connectivity index (χ0) is 16.4. The molecule has 2 amide bonds. The lowest BCUT2D eigenvalue weighted by molar-refractivity contribution is -0.137. The molecule has 1 aromatic carbocycles. The van der Waals surface area contributed by atoms with Gasteiger partial charge in [-0.3, -0.25) is 0 Å². The minimum atomic E-state index is -4.33. The number of benzene rings is 1. The molecule has 2 heterocycles. The van der Waals surface area contributed by atoms with Gasteiger partial charge in [-0.05, 0) is 43.6 Å². The average molecular weight is 364 g/mol. The molecular weight excluding hydrogens is 343 g/mol. The number of nitrogens with zero attached hydrogens (tertiary/aromatic N) is 2. The van der Waals surface area contributed by atoms with Crippen molar-refractivity contribution in [3.8, 4) is 0 Å². The maximum Gasteiger partial charge on any atom is 0.416 e. The normalized spacial score (nSPS) is 19.5. The van der Waals surface area contributed by atoms with Crippen LogP contribution in [0.1, 0.15) is 24.0 Å². The first kappa shape index (κ1) is 18.9. The Morgan fingerprint density at radius 1 is 1.08 bits per heavy atom. The Morgan fingerprint density at radius 2 is 1.71 bits per heavy atom. The predicted molar refractivity (Wildman–Crippen MR) is 87.1 cm³/mol.